The van der Waals surface area contributed by atoms with E-state index in [0.717, 1.165) is 12.8 Å². The molecule has 0 aliphatic heterocycles. The summed E-state index contributed by atoms with van der Waals surface area (Å²) in [5.41, 5.74) is 0. The molecule has 0 aromatic carbocycles. The normalized spacial score (nSPS) is 21.9. The molecule has 0 heterocycles. The number of hydrogen-bond acceptors (Lipinski definition) is 4. The molecule has 1 rings (SSSR count). The highest BCUT2D eigenvalue weighted by Gasteiger charge is 2.34. The molecular weight excluding hydrogens is 204 g/mol. The van der Waals surface area contributed by atoms with Gasteiger partial charge in [0.2, 0.25) is 0 Å². The molecule has 1 aliphatic carbocycles. The molecule has 0 amide bonds. The van der Waals surface area contributed by atoms with Crippen molar-refractivity contribution < 1.29 is 18.6 Å². The Hall–Kier alpha value is -0.130. The zero-order valence-electron chi connectivity index (χ0n) is 8.39. The smallest absolute Gasteiger partial charge is 0.147 e. The molecule has 84 valence electrons. The van der Waals surface area contributed by atoms with Gasteiger partial charge in [0.05, 0.1) is 12.2 Å². The lowest BCUT2D eigenvalue weighted by molar-refractivity contribution is 0.00144. The summed E-state index contributed by atoms with van der Waals surface area (Å²) in [5, 5.41) is 19.0. The minimum absolute atomic E-state index is 0.0848. The monoisotopic (exact) mass is 222 g/mol. The number of aliphatic hydroxyl groups excluding tert-OH is 2. The first kappa shape index (κ1) is 11.9. The van der Waals surface area contributed by atoms with Gasteiger partial charge >= 0.3 is 0 Å². The highest BCUT2D eigenvalue weighted by molar-refractivity contribution is 7.90. The topological polar surface area (TPSA) is 74.6 Å². The van der Waals surface area contributed by atoms with E-state index < -0.39 is 22.0 Å². The Labute approximate surface area is 84.9 Å². The second-order valence-electron chi connectivity index (χ2n) is 4.17. The lowest BCUT2D eigenvalue weighted by Crippen LogP contribution is -2.28. The first-order valence-corrected chi connectivity index (χ1v) is 7.00. The SMILES string of the molecule is CS(=O)(=O)CCCC(O)C(O)C1CC1. The second-order valence-corrected chi connectivity index (χ2v) is 6.43. The van der Waals surface area contributed by atoms with Crippen LogP contribution >= 0.6 is 0 Å². The van der Waals surface area contributed by atoms with Gasteiger partial charge in [0, 0.05) is 12.0 Å². The average Bonchev–Trinajstić information content (AvgIpc) is 2.82. The van der Waals surface area contributed by atoms with Gasteiger partial charge in [-0.25, -0.2) is 8.42 Å². The third-order valence-corrected chi connectivity index (χ3v) is 3.54. The van der Waals surface area contributed by atoms with Crippen LogP contribution < -0.4 is 0 Å². The Kier molecular flexibility index (Phi) is 3.92. The van der Waals surface area contributed by atoms with E-state index in [2.05, 4.69) is 0 Å². The Bertz CT molecular complexity index is 269. The van der Waals surface area contributed by atoms with Crippen LogP contribution in [0.25, 0.3) is 0 Å². The molecular formula is C9H18O4S. The van der Waals surface area contributed by atoms with E-state index in [9.17, 15) is 18.6 Å². The van der Waals surface area contributed by atoms with Crippen molar-refractivity contribution in [2.24, 2.45) is 5.92 Å². The van der Waals surface area contributed by atoms with E-state index in [1.165, 1.54) is 6.26 Å². The van der Waals surface area contributed by atoms with Gasteiger partial charge in [0.25, 0.3) is 0 Å². The van der Waals surface area contributed by atoms with Crippen molar-refractivity contribution in [1.29, 1.82) is 0 Å². The van der Waals surface area contributed by atoms with E-state index in [-0.39, 0.29) is 11.7 Å². The first-order chi connectivity index (χ1) is 6.40. The largest absolute Gasteiger partial charge is 0.390 e. The van der Waals surface area contributed by atoms with Crippen LogP contribution in [0.15, 0.2) is 0 Å². The summed E-state index contributed by atoms with van der Waals surface area (Å²) in [5.74, 6) is 0.324. The molecule has 5 heteroatoms. The lowest BCUT2D eigenvalue weighted by Gasteiger charge is -2.16. The fourth-order valence-electron chi connectivity index (χ4n) is 1.48. The quantitative estimate of drug-likeness (QED) is 0.660. The second kappa shape index (κ2) is 4.59. The highest BCUT2D eigenvalue weighted by atomic mass is 32.2. The van der Waals surface area contributed by atoms with Crippen molar-refractivity contribution in [3.05, 3.63) is 0 Å². The zero-order valence-corrected chi connectivity index (χ0v) is 9.20. The molecule has 0 aromatic rings. The van der Waals surface area contributed by atoms with Crippen molar-refractivity contribution in [3.8, 4) is 0 Å². The van der Waals surface area contributed by atoms with E-state index >= 15 is 0 Å². The maximum atomic E-state index is 10.8. The van der Waals surface area contributed by atoms with Gasteiger partial charge in [0.15, 0.2) is 0 Å². The van der Waals surface area contributed by atoms with Crippen LogP contribution in [0.4, 0.5) is 0 Å². The van der Waals surface area contributed by atoms with Crippen LogP contribution in [-0.2, 0) is 9.84 Å². The molecule has 1 aliphatic rings. The van der Waals surface area contributed by atoms with E-state index in [0.29, 0.717) is 12.8 Å². The van der Waals surface area contributed by atoms with Crippen LogP contribution in [-0.4, -0.2) is 42.8 Å². The number of hydrogen-bond donors (Lipinski definition) is 2. The molecule has 14 heavy (non-hydrogen) atoms. The van der Waals surface area contributed by atoms with Crippen LogP contribution in [0.1, 0.15) is 25.7 Å². The van der Waals surface area contributed by atoms with E-state index in [1.54, 1.807) is 0 Å². The summed E-state index contributed by atoms with van der Waals surface area (Å²) >= 11 is 0. The maximum absolute atomic E-state index is 10.8. The Balaban J connectivity index is 2.17. The molecule has 2 N–H and O–H groups in total. The van der Waals surface area contributed by atoms with Gasteiger partial charge in [-0.15, -0.1) is 0 Å². The summed E-state index contributed by atoms with van der Waals surface area (Å²) in [6, 6.07) is 0. The Morgan fingerprint density at radius 3 is 2.36 bits per heavy atom. The number of sulfone groups is 1. The average molecular weight is 222 g/mol. The third kappa shape index (κ3) is 4.39. The van der Waals surface area contributed by atoms with Gasteiger partial charge in [-0.3, -0.25) is 0 Å². The molecule has 0 saturated heterocycles. The van der Waals surface area contributed by atoms with Gasteiger partial charge in [-0.05, 0) is 31.6 Å². The molecule has 2 atom stereocenters. The molecule has 2 unspecified atom stereocenters. The lowest BCUT2D eigenvalue weighted by atomic mass is 10.1. The van der Waals surface area contributed by atoms with Crippen LogP contribution in [0.5, 0.6) is 0 Å². The molecule has 0 aromatic heterocycles. The van der Waals surface area contributed by atoms with Gasteiger partial charge in [-0.2, -0.15) is 0 Å². The molecule has 0 spiro atoms. The minimum Gasteiger partial charge on any atom is -0.390 e. The van der Waals surface area contributed by atoms with Crippen molar-refractivity contribution in [1.82, 2.24) is 0 Å². The van der Waals surface area contributed by atoms with Crippen LogP contribution in [0.3, 0.4) is 0 Å². The first-order valence-electron chi connectivity index (χ1n) is 4.94. The predicted octanol–water partition coefficient (Wildman–Crippen LogP) is -0.0570. The Morgan fingerprint density at radius 2 is 1.93 bits per heavy atom. The number of aliphatic hydroxyl groups is 2. The summed E-state index contributed by atoms with van der Waals surface area (Å²) < 4.78 is 21.6. The van der Waals surface area contributed by atoms with Gasteiger partial charge in [-0.1, -0.05) is 0 Å². The van der Waals surface area contributed by atoms with Gasteiger partial charge in [0.1, 0.15) is 9.84 Å². The van der Waals surface area contributed by atoms with E-state index in [4.69, 9.17) is 0 Å². The molecule has 1 fully saturated rings. The van der Waals surface area contributed by atoms with E-state index in [1.807, 2.05) is 0 Å². The fraction of sp³-hybridized carbons (Fsp3) is 1.00. The molecule has 1 saturated carbocycles. The number of rotatable bonds is 6. The van der Waals surface area contributed by atoms with Gasteiger partial charge < -0.3 is 10.2 Å². The summed E-state index contributed by atoms with van der Waals surface area (Å²) in [4.78, 5) is 0. The van der Waals surface area contributed by atoms with Crippen molar-refractivity contribution in [3.63, 3.8) is 0 Å². The minimum atomic E-state index is -2.94. The summed E-state index contributed by atoms with van der Waals surface area (Å²) in [6.07, 6.45) is 2.50. The third-order valence-electron chi connectivity index (χ3n) is 2.51. The standard InChI is InChI=1S/C9H18O4S/c1-14(12,13)6-2-3-8(10)9(11)7-4-5-7/h7-11H,2-6H2,1H3. The zero-order chi connectivity index (χ0) is 10.8. The van der Waals surface area contributed by atoms with Crippen LogP contribution in [0, 0.1) is 5.92 Å². The summed E-state index contributed by atoms with van der Waals surface area (Å²) in [6.45, 7) is 0. The molecule has 0 radical (unpaired) electrons. The molecule has 0 bridgehead atoms. The fourth-order valence-corrected chi connectivity index (χ4v) is 2.17. The van der Waals surface area contributed by atoms with Crippen molar-refractivity contribution in [2.45, 2.75) is 37.9 Å². The van der Waals surface area contributed by atoms with Crippen molar-refractivity contribution >= 4 is 9.84 Å². The highest BCUT2D eigenvalue weighted by Crippen LogP contribution is 2.34. The molecule has 4 nitrogen and oxygen atoms in total. The summed E-state index contributed by atoms with van der Waals surface area (Å²) in [7, 11) is -2.94. The van der Waals surface area contributed by atoms with Crippen LogP contribution in [0.2, 0.25) is 0 Å². The predicted molar refractivity (Wildman–Crippen MR) is 53.7 cm³/mol. The van der Waals surface area contributed by atoms with Crippen molar-refractivity contribution in [2.75, 3.05) is 12.0 Å². The Morgan fingerprint density at radius 1 is 1.36 bits per heavy atom. The maximum Gasteiger partial charge on any atom is 0.147 e.